The summed E-state index contributed by atoms with van der Waals surface area (Å²) in [4.78, 5) is 0. The van der Waals surface area contributed by atoms with E-state index >= 15 is 0 Å². The molecule has 0 nitrogen and oxygen atoms in total. The van der Waals surface area contributed by atoms with Gasteiger partial charge in [-0.2, -0.15) is 0 Å². The van der Waals surface area contributed by atoms with Gasteiger partial charge >= 0.3 is 0 Å². The van der Waals surface area contributed by atoms with Crippen molar-refractivity contribution in [1.82, 2.24) is 0 Å². The predicted molar refractivity (Wildman–Crippen MR) is 99.1 cm³/mol. The van der Waals surface area contributed by atoms with Gasteiger partial charge in [0, 0.05) is 59.1 Å². The molecule has 0 rings (SSSR count). The molecule has 0 saturated heterocycles. The Morgan fingerprint density at radius 1 is 0.294 bits per heavy atom. The van der Waals surface area contributed by atoms with E-state index in [1.165, 1.54) is 0 Å². The van der Waals surface area contributed by atoms with Crippen molar-refractivity contribution >= 4 is 59.1 Å². The maximum Gasteiger partial charge on any atom is 0.0379 e. The van der Waals surface area contributed by atoms with E-state index in [-0.39, 0.29) is 59.1 Å². The van der Waals surface area contributed by atoms with Crippen molar-refractivity contribution in [3.05, 3.63) is 0 Å². The summed E-state index contributed by atoms with van der Waals surface area (Å²) in [6.07, 6.45) is 0. The molecule has 0 aromatic carbocycles. The Hall–Kier alpha value is 1.67. The van der Waals surface area contributed by atoms with E-state index in [9.17, 15) is 0 Å². The van der Waals surface area contributed by atoms with Crippen molar-refractivity contribution in [3.63, 3.8) is 0 Å². The molecule has 0 aliphatic rings. The predicted octanol–water partition coefficient (Wildman–Crippen LogP) is 5.10. The van der Waals surface area contributed by atoms with Gasteiger partial charge in [-0.3, -0.25) is 0 Å². The summed E-state index contributed by atoms with van der Waals surface area (Å²) in [6.45, 7) is 27.2. The van der Waals surface area contributed by atoms with Crippen molar-refractivity contribution in [2.75, 3.05) is 0 Å². The van der Waals surface area contributed by atoms with Crippen LogP contribution in [0.1, 0.15) is 0 Å². The van der Waals surface area contributed by atoms with E-state index in [0.717, 1.165) is 0 Å². The van der Waals surface area contributed by atoms with Crippen molar-refractivity contribution in [2.24, 2.45) is 0 Å². The van der Waals surface area contributed by atoms with Crippen LogP contribution in [0, 0.1) is 0 Å². The summed E-state index contributed by atoms with van der Waals surface area (Å²) in [6, 6.07) is 0. The molecule has 5 heteroatoms. The van der Waals surface area contributed by atoms with Crippen LogP contribution < -0.4 is 0 Å². The van der Waals surface area contributed by atoms with Crippen LogP contribution in [0.4, 0.5) is 0 Å². The Bertz CT molecular complexity index is 61.5. The molecule has 0 N–H and O–H groups in total. The standard InChI is InChI=1S/4C3H9Si.Sn/c4*1-4(2)3;/h4*1-3H3;. The first-order chi connectivity index (χ1) is 6.93. The molecular formula is C12H36Si4Sn. The summed E-state index contributed by atoms with van der Waals surface area (Å²) in [5, 5.41) is 0. The molecular weight excluding hydrogens is 375 g/mol. The minimum absolute atomic E-state index is 0. The van der Waals surface area contributed by atoms with Gasteiger partial charge in [0.25, 0.3) is 0 Å². The molecule has 0 heterocycles. The van der Waals surface area contributed by atoms with E-state index in [1.54, 1.807) is 0 Å². The molecule has 104 valence electrons. The van der Waals surface area contributed by atoms with Crippen LogP contribution in [0.2, 0.25) is 78.6 Å². The molecule has 8 radical (unpaired) electrons. The summed E-state index contributed by atoms with van der Waals surface area (Å²) in [5.74, 6) is 0. The molecule has 17 heavy (non-hydrogen) atoms. The Balaban J connectivity index is -0.0000000369. The van der Waals surface area contributed by atoms with Gasteiger partial charge in [0.05, 0.1) is 0 Å². The Kier molecular flexibility index (Phi) is 48.2. The van der Waals surface area contributed by atoms with E-state index in [4.69, 9.17) is 0 Å². The first-order valence-electron chi connectivity index (χ1n) is 6.00. The first-order valence-corrected chi connectivity index (χ1v) is 18.0. The van der Waals surface area contributed by atoms with Crippen molar-refractivity contribution in [1.29, 1.82) is 0 Å². The largest absolute Gasteiger partial charge is 0.0715 e. The molecule has 0 spiro atoms. The zero-order valence-corrected chi connectivity index (χ0v) is 21.4. The quantitative estimate of drug-likeness (QED) is 0.487. The van der Waals surface area contributed by atoms with Crippen molar-refractivity contribution in [3.8, 4) is 0 Å². The maximum absolute atomic E-state index is 2.27. The molecule has 0 aromatic rings. The van der Waals surface area contributed by atoms with Gasteiger partial charge in [-0.05, 0) is 0 Å². The Labute approximate surface area is 137 Å². The first kappa shape index (κ1) is 31.2. The van der Waals surface area contributed by atoms with Gasteiger partial charge in [-0.25, -0.2) is 0 Å². The van der Waals surface area contributed by atoms with Crippen LogP contribution in [-0.4, -0.2) is 59.1 Å². The molecule has 0 bridgehead atoms. The zero-order chi connectivity index (χ0) is 14.3. The Morgan fingerprint density at radius 3 is 0.294 bits per heavy atom. The van der Waals surface area contributed by atoms with Crippen LogP contribution >= 0.6 is 0 Å². The SMILES string of the molecule is C[Si](C)C.C[Si](C)C.C[Si](C)C.C[Si](C)C.[Sn]. The maximum atomic E-state index is 2.27. The molecule has 0 aliphatic heterocycles. The molecule has 0 aromatic heterocycles. The van der Waals surface area contributed by atoms with Gasteiger partial charge in [0.2, 0.25) is 0 Å². The van der Waals surface area contributed by atoms with Gasteiger partial charge in [-0.1, -0.05) is 78.6 Å². The minimum Gasteiger partial charge on any atom is -0.0715 e. The van der Waals surface area contributed by atoms with Gasteiger partial charge in [-0.15, -0.1) is 0 Å². The second kappa shape index (κ2) is 26.3. The fourth-order valence-corrected chi connectivity index (χ4v) is 0. The van der Waals surface area contributed by atoms with Crippen LogP contribution in [-0.2, 0) is 0 Å². The molecule has 0 amide bonds. The fourth-order valence-electron chi connectivity index (χ4n) is 0. The van der Waals surface area contributed by atoms with Crippen LogP contribution in [0.5, 0.6) is 0 Å². The monoisotopic (exact) mass is 412 g/mol. The fraction of sp³-hybridized carbons (Fsp3) is 1.00. The molecule has 0 saturated carbocycles. The van der Waals surface area contributed by atoms with Crippen LogP contribution in [0.3, 0.4) is 0 Å². The van der Waals surface area contributed by atoms with E-state index < -0.39 is 0 Å². The molecule has 0 unspecified atom stereocenters. The molecule has 0 aliphatic carbocycles. The normalized spacial score (nSPS) is 8.47. The van der Waals surface area contributed by atoms with Crippen molar-refractivity contribution in [2.45, 2.75) is 78.6 Å². The van der Waals surface area contributed by atoms with E-state index in [0.29, 0.717) is 0 Å². The van der Waals surface area contributed by atoms with Crippen molar-refractivity contribution < 1.29 is 0 Å². The third-order valence-electron chi connectivity index (χ3n) is 0. The minimum atomic E-state index is 0. The smallest absolute Gasteiger partial charge is 0.0379 e. The van der Waals surface area contributed by atoms with E-state index in [1.807, 2.05) is 0 Å². The third kappa shape index (κ3) is 1560. The van der Waals surface area contributed by atoms with Gasteiger partial charge < -0.3 is 0 Å². The summed E-state index contributed by atoms with van der Waals surface area (Å²) in [7, 11) is 0.481. The summed E-state index contributed by atoms with van der Waals surface area (Å²) >= 11 is 0. The van der Waals surface area contributed by atoms with E-state index in [2.05, 4.69) is 78.6 Å². The average molecular weight is 411 g/mol. The van der Waals surface area contributed by atoms with Crippen LogP contribution in [0.15, 0.2) is 0 Å². The van der Waals surface area contributed by atoms with Crippen LogP contribution in [0.25, 0.3) is 0 Å². The summed E-state index contributed by atoms with van der Waals surface area (Å²) in [5.41, 5.74) is 0. The summed E-state index contributed by atoms with van der Waals surface area (Å²) < 4.78 is 0. The average Bonchev–Trinajstić information content (AvgIpc) is 1.76. The van der Waals surface area contributed by atoms with Gasteiger partial charge in [0.15, 0.2) is 0 Å². The zero-order valence-electron chi connectivity index (χ0n) is 14.5. The topological polar surface area (TPSA) is 0 Å². The number of hydrogen-bond acceptors (Lipinski definition) is 0. The second-order valence-corrected chi connectivity index (χ2v) is 18.0. The third-order valence-corrected chi connectivity index (χ3v) is 0. The molecule has 0 atom stereocenters. The molecule has 0 fully saturated rings. The second-order valence-electron chi connectivity index (χ2n) is 6.00. The number of rotatable bonds is 0. The van der Waals surface area contributed by atoms with Gasteiger partial charge in [0.1, 0.15) is 0 Å². The Morgan fingerprint density at radius 2 is 0.294 bits per heavy atom. The number of hydrogen-bond donors (Lipinski definition) is 0.